The van der Waals surface area contributed by atoms with Gasteiger partial charge in [0.1, 0.15) is 0 Å². The lowest BCUT2D eigenvalue weighted by Gasteiger charge is -2.33. The minimum Gasteiger partial charge on any atom is -0.317 e. The summed E-state index contributed by atoms with van der Waals surface area (Å²) in [5, 5.41) is 0. The number of carbonyl (C=O) groups excluding carboxylic acids is 1. The van der Waals surface area contributed by atoms with E-state index in [0.29, 0.717) is 0 Å². The number of halogens is 11. The molecule has 0 saturated heterocycles. The van der Waals surface area contributed by atoms with E-state index < -0.39 is 35.8 Å². The largest absolute Gasteiger partial charge is 0.460 e. The Hall–Kier alpha value is -1.14. The lowest BCUT2D eigenvalue weighted by atomic mass is 9.99. The summed E-state index contributed by atoms with van der Waals surface area (Å²) in [4.78, 5) is 10.3. The smallest absolute Gasteiger partial charge is 0.317 e. The number of alkyl halides is 11. The van der Waals surface area contributed by atoms with Crippen molar-refractivity contribution >= 4 is 5.78 Å². The first-order valence-electron chi connectivity index (χ1n) is 4.15. The zero-order chi connectivity index (χ0) is 16.8. The monoisotopic (exact) mass is 328 g/mol. The van der Waals surface area contributed by atoms with Crippen LogP contribution in [0.1, 0.15) is 0 Å². The number of ketones is 1. The molecule has 0 radical (unpaired) electrons. The maximum atomic E-state index is 12.7. The second kappa shape index (κ2) is 4.70. The average molecular weight is 328 g/mol. The fourth-order valence-electron chi connectivity index (χ4n) is 0.793. The molecular weight excluding hydrogens is 325 g/mol. The van der Waals surface area contributed by atoms with E-state index in [9.17, 15) is 53.1 Å². The molecule has 0 N–H and O–H groups in total. The van der Waals surface area contributed by atoms with Gasteiger partial charge in [0.25, 0.3) is 0 Å². The molecule has 0 rings (SSSR count). The van der Waals surface area contributed by atoms with Gasteiger partial charge in [0.05, 0.1) is 0 Å². The average Bonchev–Trinajstić information content (AvgIpc) is 2.25. The number of carbonyl (C=O) groups is 1. The fraction of sp³-hybridized carbons (Fsp3) is 0.857. The Morgan fingerprint density at radius 3 is 1.35 bits per heavy atom. The van der Waals surface area contributed by atoms with Crippen LogP contribution < -0.4 is 0 Å². The summed E-state index contributed by atoms with van der Waals surface area (Å²) in [7, 11) is -0.131. The first kappa shape index (κ1) is 18.9. The number of hydrogen-bond donors (Lipinski definition) is 0. The van der Waals surface area contributed by atoms with Gasteiger partial charge in [-0.25, -0.2) is 0 Å². The topological polar surface area (TPSA) is 26.3 Å². The summed E-state index contributed by atoms with van der Waals surface area (Å²) in [6, 6.07) is 0. The number of methoxy groups -OCH3 is 1. The zero-order valence-electron chi connectivity index (χ0n) is 8.97. The van der Waals surface area contributed by atoms with Crippen molar-refractivity contribution in [1.29, 1.82) is 0 Å². The second-order valence-corrected chi connectivity index (χ2v) is 3.27. The van der Waals surface area contributed by atoms with Gasteiger partial charge in [0.2, 0.25) is 0 Å². The van der Waals surface area contributed by atoms with Crippen molar-refractivity contribution in [2.45, 2.75) is 30.1 Å². The highest BCUT2D eigenvalue weighted by Crippen LogP contribution is 2.54. The van der Waals surface area contributed by atoms with Gasteiger partial charge in [-0.1, -0.05) is 0 Å². The van der Waals surface area contributed by atoms with E-state index in [0.717, 1.165) is 0 Å². The Kier molecular flexibility index (Phi) is 4.43. The molecule has 13 heteroatoms. The molecule has 0 bridgehead atoms. The summed E-state index contributed by atoms with van der Waals surface area (Å²) in [5.41, 5.74) is 0. The minimum absolute atomic E-state index is 0.131. The predicted octanol–water partition coefficient (Wildman–Crippen LogP) is 3.26. The van der Waals surface area contributed by atoms with E-state index in [1.807, 2.05) is 0 Å². The molecule has 0 atom stereocenters. The number of ether oxygens (including phenoxy) is 1. The summed E-state index contributed by atoms with van der Waals surface area (Å²) in [6.07, 6.45) is -12.9. The lowest BCUT2D eigenvalue weighted by molar-refractivity contribution is -0.392. The molecule has 0 fully saturated rings. The van der Waals surface area contributed by atoms with Crippen LogP contribution >= 0.6 is 0 Å². The van der Waals surface area contributed by atoms with Crippen LogP contribution in [0.15, 0.2) is 0 Å². The van der Waals surface area contributed by atoms with Gasteiger partial charge in [-0.2, -0.15) is 48.3 Å². The van der Waals surface area contributed by atoms with Crippen molar-refractivity contribution in [3.63, 3.8) is 0 Å². The first-order valence-corrected chi connectivity index (χ1v) is 4.15. The quantitative estimate of drug-likeness (QED) is 0.724. The zero-order valence-corrected chi connectivity index (χ0v) is 8.97. The van der Waals surface area contributed by atoms with E-state index in [1.165, 1.54) is 0 Å². The molecular formula is C7H3F11O2. The molecule has 0 aromatic carbocycles. The van der Waals surface area contributed by atoms with Gasteiger partial charge in [-0.15, -0.1) is 0 Å². The Morgan fingerprint density at radius 2 is 1.10 bits per heavy atom. The third kappa shape index (κ3) is 2.54. The van der Waals surface area contributed by atoms with Crippen LogP contribution in [-0.2, 0) is 9.53 Å². The van der Waals surface area contributed by atoms with Gasteiger partial charge in [-0.05, 0) is 0 Å². The van der Waals surface area contributed by atoms with Crippen molar-refractivity contribution in [1.82, 2.24) is 0 Å². The highest BCUT2D eigenvalue weighted by Gasteiger charge is 2.85. The van der Waals surface area contributed by atoms with Crippen LogP contribution in [0.4, 0.5) is 48.3 Å². The summed E-state index contributed by atoms with van der Waals surface area (Å²) in [5.74, 6) is -26.1. The molecule has 0 aliphatic rings. The molecule has 2 nitrogen and oxygen atoms in total. The molecule has 0 aliphatic carbocycles. The number of rotatable bonds is 5. The van der Waals surface area contributed by atoms with Crippen LogP contribution in [-0.4, -0.2) is 42.9 Å². The molecule has 0 amide bonds. The van der Waals surface area contributed by atoms with Crippen LogP contribution in [0.3, 0.4) is 0 Å². The second-order valence-electron chi connectivity index (χ2n) is 3.27. The molecule has 0 aliphatic heterocycles. The molecule has 0 unspecified atom stereocenters. The van der Waals surface area contributed by atoms with Crippen molar-refractivity contribution in [2.75, 3.05) is 7.11 Å². The summed E-state index contributed by atoms with van der Waals surface area (Å²) < 4.78 is 137. The highest BCUT2D eigenvalue weighted by atomic mass is 19.4. The number of hydrogen-bond acceptors (Lipinski definition) is 2. The Labute approximate surface area is 102 Å². The third-order valence-corrected chi connectivity index (χ3v) is 1.95. The number of Topliss-reactive ketones (excluding diaryl/α,β-unsaturated/α-hetero) is 1. The standard InChI is InChI=1S/C7H3F11O2/c1-20-4(10,11)2(19)3(8,9)5(12,13)6(14,15)7(16,17)18/h1H3. The SMILES string of the molecule is COC(F)(F)C(=O)C(F)(F)C(F)(F)C(F)(F)C(F)(F)F. The Bertz CT molecular complexity index is 383. The van der Waals surface area contributed by atoms with E-state index in [1.54, 1.807) is 0 Å². The minimum atomic E-state index is -7.45. The van der Waals surface area contributed by atoms with Gasteiger partial charge < -0.3 is 4.74 Å². The van der Waals surface area contributed by atoms with Gasteiger partial charge >= 0.3 is 35.8 Å². The summed E-state index contributed by atoms with van der Waals surface area (Å²) >= 11 is 0. The van der Waals surface area contributed by atoms with Crippen LogP contribution in [0.5, 0.6) is 0 Å². The van der Waals surface area contributed by atoms with Gasteiger partial charge in [0.15, 0.2) is 0 Å². The van der Waals surface area contributed by atoms with Crippen LogP contribution in [0, 0.1) is 0 Å². The summed E-state index contributed by atoms with van der Waals surface area (Å²) in [6.45, 7) is 0. The molecule has 0 heterocycles. The van der Waals surface area contributed by atoms with Crippen LogP contribution in [0.25, 0.3) is 0 Å². The molecule has 0 aromatic heterocycles. The highest BCUT2D eigenvalue weighted by molar-refractivity contribution is 5.92. The maximum absolute atomic E-state index is 12.7. The fourth-order valence-corrected chi connectivity index (χ4v) is 0.793. The Balaban J connectivity index is 5.89. The van der Waals surface area contributed by atoms with E-state index in [-0.39, 0.29) is 7.11 Å². The molecule has 0 spiro atoms. The Morgan fingerprint density at radius 1 is 0.750 bits per heavy atom. The van der Waals surface area contributed by atoms with Crippen molar-refractivity contribution in [3.05, 3.63) is 0 Å². The first-order chi connectivity index (χ1) is 8.47. The van der Waals surface area contributed by atoms with Gasteiger partial charge in [-0.3, -0.25) is 4.79 Å². The lowest BCUT2D eigenvalue weighted by Crippen LogP contribution is -2.65. The van der Waals surface area contributed by atoms with Crippen molar-refractivity contribution < 1.29 is 57.8 Å². The van der Waals surface area contributed by atoms with Crippen molar-refractivity contribution in [2.24, 2.45) is 0 Å². The normalized spacial score (nSPS) is 15.4. The molecule has 0 saturated carbocycles. The molecule has 0 aromatic rings. The predicted molar refractivity (Wildman–Crippen MR) is 37.9 cm³/mol. The maximum Gasteiger partial charge on any atom is 0.460 e. The van der Waals surface area contributed by atoms with Crippen molar-refractivity contribution in [3.8, 4) is 0 Å². The molecule has 120 valence electrons. The van der Waals surface area contributed by atoms with Gasteiger partial charge in [0, 0.05) is 7.11 Å². The van der Waals surface area contributed by atoms with E-state index in [4.69, 9.17) is 0 Å². The molecule has 20 heavy (non-hydrogen) atoms. The van der Waals surface area contributed by atoms with Crippen LogP contribution in [0.2, 0.25) is 0 Å². The third-order valence-electron chi connectivity index (χ3n) is 1.95. The van der Waals surface area contributed by atoms with E-state index >= 15 is 0 Å². The van der Waals surface area contributed by atoms with E-state index in [2.05, 4.69) is 4.74 Å².